The molecular weight excluding hydrogens is 240 g/mol. The molecule has 1 atom stereocenters. The van der Waals surface area contributed by atoms with Crippen LogP contribution in [0.4, 0.5) is 5.69 Å². The van der Waals surface area contributed by atoms with E-state index in [2.05, 4.69) is 5.32 Å². The van der Waals surface area contributed by atoms with E-state index >= 15 is 0 Å². The number of amides is 1. The first-order valence-corrected chi connectivity index (χ1v) is 5.81. The van der Waals surface area contributed by atoms with Gasteiger partial charge in [-0.3, -0.25) is 9.59 Å². The molecular formula is C12H13ClN2O2. The number of hydrogen-bond acceptors (Lipinski definition) is 3. The minimum absolute atomic E-state index is 0.0342. The highest BCUT2D eigenvalue weighted by Gasteiger charge is 2.27. The maximum Gasteiger partial charge on any atom is 0.242 e. The monoisotopic (exact) mass is 252 g/mol. The molecule has 1 amide bonds. The summed E-state index contributed by atoms with van der Waals surface area (Å²) >= 11 is 5.97. The fourth-order valence-electron chi connectivity index (χ4n) is 2.00. The third kappa shape index (κ3) is 2.13. The number of aldehydes is 1. The van der Waals surface area contributed by atoms with Crippen LogP contribution in [-0.2, 0) is 4.79 Å². The third-order valence-electron chi connectivity index (χ3n) is 2.96. The first kappa shape index (κ1) is 11.9. The van der Waals surface area contributed by atoms with E-state index in [-0.39, 0.29) is 11.9 Å². The first-order chi connectivity index (χ1) is 8.15. The van der Waals surface area contributed by atoms with Crippen LogP contribution in [0.3, 0.4) is 0 Å². The van der Waals surface area contributed by atoms with Gasteiger partial charge in [-0.15, -0.1) is 0 Å². The zero-order valence-electron chi connectivity index (χ0n) is 9.44. The molecule has 5 heteroatoms. The topological polar surface area (TPSA) is 49.4 Å². The summed E-state index contributed by atoms with van der Waals surface area (Å²) in [6.45, 7) is 3.06. The predicted molar refractivity (Wildman–Crippen MR) is 66.7 cm³/mol. The second-order valence-corrected chi connectivity index (χ2v) is 4.36. The lowest BCUT2D eigenvalue weighted by Gasteiger charge is -2.35. The molecule has 1 aliphatic heterocycles. The van der Waals surface area contributed by atoms with E-state index < -0.39 is 0 Å². The highest BCUT2D eigenvalue weighted by Crippen LogP contribution is 2.27. The number of halogens is 1. The van der Waals surface area contributed by atoms with Gasteiger partial charge < -0.3 is 10.2 Å². The molecule has 1 aromatic carbocycles. The van der Waals surface area contributed by atoms with Crippen molar-refractivity contribution in [2.24, 2.45) is 0 Å². The maximum atomic E-state index is 11.6. The number of nitrogens with zero attached hydrogens (tertiary/aromatic N) is 1. The Morgan fingerprint density at radius 3 is 3.00 bits per heavy atom. The van der Waals surface area contributed by atoms with Gasteiger partial charge in [0.05, 0.1) is 10.6 Å². The molecule has 17 heavy (non-hydrogen) atoms. The van der Waals surface area contributed by atoms with Crippen LogP contribution in [-0.4, -0.2) is 31.3 Å². The first-order valence-electron chi connectivity index (χ1n) is 5.43. The molecule has 0 bridgehead atoms. The number of carbonyl (C=O) groups excluding carboxylic acids is 2. The van der Waals surface area contributed by atoms with Gasteiger partial charge in [-0.2, -0.15) is 0 Å². The summed E-state index contributed by atoms with van der Waals surface area (Å²) in [4.78, 5) is 24.6. The number of nitrogens with one attached hydrogen (secondary N) is 1. The quantitative estimate of drug-likeness (QED) is 0.811. The van der Waals surface area contributed by atoms with Gasteiger partial charge in [0.2, 0.25) is 5.91 Å². The molecule has 0 radical (unpaired) electrons. The Labute approximate surface area is 105 Å². The highest BCUT2D eigenvalue weighted by molar-refractivity contribution is 6.33. The van der Waals surface area contributed by atoms with E-state index in [9.17, 15) is 9.59 Å². The summed E-state index contributed by atoms with van der Waals surface area (Å²) in [5.74, 6) is -0.0342. The largest absolute Gasteiger partial charge is 0.357 e. The van der Waals surface area contributed by atoms with Crippen molar-refractivity contribution in [3.05, 3.63) is 28.8 Å². The number of rotatable bonds is 2. The molecule has 1 saturated heterocycles. The average molecular weight is 253 g/mol. The molecule has 2 rings (SSSR count). The highest BCUT2D eigenvalue weighted by atomic mass is 35.5. The van der Waals surface area contributed by atoms with Crippen molar-refractivity contribution >= 4 is 29.5 Å². The lowest BCUT2D eigenvalue weighted by Crippen LogP contribution is -2.54. The van der Waals surface area contributed by atoms with Gasteiger partial charge in [0.15, 0.2) is 6.29 Å². The Balaban J connectivity index is 2.42. The van der Waals surface area contributed by atoms with Gasteiger partial charge in [-0.25, -0.2) is 0 Å². The fourth-order valence-corrected chi connectivity index (χ4v) is 2.22. The Kier molecular flexibility index (Phi) is 3.33. The smallest absolute Gasteiger partial charge is 0.242 e. The Hall–Kier alpha value is -1.55. The molecule has 1 fully saturated rings. The van der Waals surface area contributed by atoms with Crippen LogP contribution in [0.1, 0.15) is 17.3 Å². The van der Waals surface area contributed by atoms with Gasteiger partial charge in [-0.05, 0) is 19.1 Å². The van der Waals surface area contributed by atoms with Crippen molar-refractivity contribution in [2.75, 3.05) is 18.0 Å². The van der Waals surface area contributed by atoms with Gasteiger partial charge >= 0.3 is 0 Å². The zero-order valence-corrected chi connectivity index (χ0v) is 10.2. The summed E-state index contributed by atoms with van der Waals surface area (Å²) in [7, 11) is 0. The number of anilines is 1. The second kappa shape index (κ2) is 4.75. The second-order valence-electron chi connectivity index (χ2n) is 3.95. The fraction of sp³-hybridized carbons (Fsp3) is 0.333. The van der Waals surface area contributed by atoms with Gasteiger partial charge in [-0.1, -0.05) is 17.7 Å². The molecule has 0 aliphatic carbocycles. The van der Waals surface area contributed by atoms with Gasteiger partial charge in [0.25, 0.3) is 0 Å². The number of benzene rings is 1. The van der Waals surface area contributed by atoms with Gasteiger partial charge in [0, 0.05) is 18.8 Å². The molecule has 1 unspecified atom stereocenters. The molecule has 0 aromatic heterocycles. The van der Waals surface area contributed by atoms with Crippen LogP contribution in [0.2, 0.25) is 5.02 Å². The van der Waals surface area contributed by atoms with Crippen molar-refractivity contribution in [3.8, 4) is 0 Å². The van der Waals surface area contributed by atoms with Crippen LogP contribution < -0.4 is 10.2 Å². The SMILES string of the molecule is CC1C(=O)NCCN1c1cccc(Cl)c1C=O. The van der Waals surface area contributed by atoms with Crippen molar-refractivity contribution in [1.82, 2.24) is 5.32 Å². The Morgan fingerprint density at radius 1 is 1.53 bits per heavy atom. The molecule has 90 valence electrons. The minimum Gasteiger partial charge on any atom is -0.357 e. The van der Waals surface area contributed by atoms with Gasteiger partial charge in [0.1, 0.15) is 6.04 Å². The van der Waals surface area contributed by atoms with Crippen LogP contribution in [0, 0.1) is 0 Å². The number of hydrogen-bond donors (Lipinski definition) is 1. The van der Waals surface area contributed by atoms with E-state index in [1.165, 1.54) is 0 Å². The summed E-state index contributed by atoms with van der Waals surface area (Å²) in [5, 5.41) is 3.19. The number of carbonyl (C=O) groups is 2. The van der Waals surface area contributed by atoms with E-state index in [1.54, 1.807) is 12.1 Å². The summed E-state index contributed by atoms with van der Waals surface area (Å²) in [6, 6.07) is 4.97. The molecule has 1 aromatic rings. The maximum absolute atomic E-state index is 11.6. The summed E-state index contributed by atoms with van der Waals surface area (Å²) in [6.07, 6.45) is 0.733. The van der Waals surface area contributed by atoms with Crippen LogP contribution in [0.15, 0.2) is 18.2 Å². The molecule has 4 nitrogen and oxygen atoms in total. The molecule has 0 saturated carbocycles. The van der Waals surface area contributed by atoms with E-state index in [4.69, 9.17) is 11.6 Å². The molecule has 1 N–H and O–H groups in total. The Bertz CT molecular complexity index is 462. The zero-order chi connectivity index (χ0) is 12.4. The molecule has 0 spiro atoms. The average Bonchev–Trinajstić information content (AvgIpc) is 2.32. The summed E-state index contributed by atoms with van der Waals surface area (Å²) < 4.78 is 0. The van der Waals surface area contributed by atoms with Crippen LogP contribution in [0.25, 0.3) is 0 Å². The number of piperazine rings is 1. The molecule has 1 heterocycles. The van der Waals surface area contributed by atoms with Crippen molar-refractivity contribution in [1.29, 1.82) is 0 Å². The van der Waals surface area contributed by atoms with E-state index in [0.717, 1.165) is 12.0 Å². The predicted octanol–water partition coefficient (Wildman–Crippen LogP) is 1.48. The standard InChI is InChI=1S/C12H13ClN2O2/c1-8-12(17)14-5-6-15(8)11-4-2-3-10(13)9(11)7-16/h2-4,7-8H,5-6H2,1H3,(H,14,17). The van der Waals surface area contributed by atoms with Crippen LogP contribution in [0.5, 0.6) is 0 Å². The molecule has 1 aliphatic rings. The van der Waals surface area contributed by atoms with E-state index in [1.807, 2.05) is 17.9 Å². The summed E-state index contributed by atoms with van der Waals surface area (Å²) in [5.41, 5.74) is 1.16. The lowest BCUT2D eigenvalue weighted by atomic mass is 10.1. The third-order valence-corrected chi connectivity index (χ3v) is 3.29. The van der Waals surface area contributed by atoms with Crippen molar-refractivity contribution < 1.29 is 9.59 Å². The van der Waals surface area contributed by atoms with Crippen LogP contribution >= 0.6 is 11.6 Å². The van der Waals surface area contributed by atoms with Crippen molar-refractivity contribution in [3.63, 3.8) is 0 Å². The Morgan fingerprint density at radius 2 is 2.29 bits per heavy atom. The normalized spacial score (nSPS) is 20.0. The minimum atomic E-state index is -0.291. The van der Waals surface area contributed by atoms with E-state index in [0.29, 0.717) is 23.7 Å². The van der Waals surface area contributed by atoms with Crippen molar-refractivity contribution in [2.45, 2.75) is 13.0 Å². The lowest BCUT2D eigenvalue weighted by molar-refractivity contribution is -0.122.